The zero-order valence-electron chi connectivity index (χ0n) is 11.5. The Bertz CT molecular complexity index is 325. The van der Waals surface area contributed by atoms with E-state index in [4.69, 9.17) is 0 Å². The molecule has 0 aliphatic rings. The molecule has 0 fully saturated rings. The number of hydrogen-bond acceptors (Lipinski definition) is 3. The van der Waals surface area contributed by atoms with E-state index in [1.165, 1.54) is 6.42 Å². The molecule has 2 unspecified atom stereocenters. The zero-order chi connectivity index (χ0) is 12.7. The molecule has 2 atom stereocenters. The van der Waals surface area contributed by atoms with E-state index in [2.05, 4.69) is 49.4 Å². The molecular formula is C14H25N3. The van der Waals surface area contributed by atoms with Crippen molar-refractivity contribution in [3.8, 4) is 0 Å². The molecule has 1 aromatic rings. The second-order valence-corrected chi connectivity index (χ2v) is 4.68. The molecule has 0 aliphatic carbocycles. The van der Waals surface area contributed by atoms with Crippen LogP contribution in [0.25, 0.3) is 0 Å². The molecule has 0 radical (unpaired) electrons. The minimum Gasteiger partial charge on any atom is -0.382 e. The normalized spacial score (nSPS) is 14.1. The Hall–Kier alpha value is -1.25. The molecule has 3 nitrogen and oxygen atoms in total. The van der Waals surface area contributed by atoms with E-state index in [1.54, 1.807) is 0 Å². The highest BCUT2D eigenvalue weighted by molar-refractivity contribution is 5.52. The van der Waals surface area contributed by atoms with Crippen molar-refractivity contribution in [3.63, 3.8) is 0 Å². The van der Waals surface area contributed by atoms with Crippen LogP contribution in [-0.4, -0.2) is 17.6 Å². The fourth-order valence-electron chi connectivity index (χ4n) is 1.63. The van der Waals surface area contributed by atoms with Gasteiger partial charge in [0.15, 0.2) is 0 Å². The molecule has 0 saturated carbocycles. The van der Waals surface area contributed by atoms with Crippen LogP contribution in [0.1, 0.15) is 40.5 Å². The van der Waals surface area contributed by atoms with Gasteiger partial charge >= 0.3 is 0 Å². The van der Waals surface area contributed by atoms with Crippen molar-refractivity contribution < 1.29 is 0 Å². The maximum atomic E-state index is 4.30. The summed E-state index contributed by atoms with van der Waals surface area (Å²) in [5.74, 6) is 1.63. The number of hydrogen-bond donors (Lipinski definition) is 2. The molecule has 1 aromatic heterocycles. The molecule has 0 aromatic carbocycles. The van der Waals surface area contributed by atoms with Crippen molar-refractivity contribution in [1.29, 1.82) is 0 Å². The van der Waals surface area contributed by atoms with Gasteiger partial charge in [-0.05, 0) is 25.3 Å². The van der Waals surface area contributed by atoms with Crippen LogP contribution in [0.4, 0.5) is 11.5 Å². The minimum absolute atomic E-state index is 0.487. The van der Waals surface area contributed by atoms with Crippen LogP contribution in [0.3, 0.4) is 0 Å². The summed E-state index contributed by atoms with van der Waals surface area (Å²) in [7, 11) is 0. The fraction of sp³-hybridized carbons (Fsp3) is 0.643. The van der Waals surface area contributed by atoms with Crippen LogP contribution in [0.15, 0.2) is 18.3 Å². The number of aromatic nitrogens is 1. The Morgan fingerprint density at radius 2 is 2.06 bits per heavy atom. The zero-order valence-corrected chi connectivity index (χ0v) is 11.5. The van der Waals surface area contributed by atoms with Gasteiger partial charge in [0.05, 0.1) is 0 Å². The monoisotopic (exact) mass is 235 g/mol. The van der Waals surface area contributed by atoms with Gasteiger partial charge in [-0.1, -0.05) is 27.2 Å². The summed E-state index contributed by atoms with van der Waals surface area (Å²) < 4.78 is 0. The van der Waals surface area contributed by atoms with Crippen molar-refractivity contribution >= 4 is 11.5 Å². The lowest BCUT2D eigenvalue weighted by Gasteiger charge is -2.21. The van der Waals surface area contributed by atoms with E-state index in [0.717, 1.165) is 24.5 Å². The van der Waals surface area contributed by atoms with E-state index in [0.29, 0.717) is 12.0 Å². The molecule has 0 aliphatic heterocycles. The van der Waals surface area contributed by atoms with Gasteiger partial charge in [-0.3, -0.25) is 0 Å². The number of rotatable bonds is 7. The largest absolute Gasteiger partial charge is 0.382 e. The quantitative estimate of drug-likeness (QED) is 0.755. The Kier molecular flexibility index (Phi) is 5.81. The van der Waals surface area contributed by atoms with Crippen molar-refractivity contribution in [3.05, 3.63) is 18.3 Å². The molecule has 0 bridgehead atoms. The van der Waals surface area contributed by atoms with Crippen molar-refractivity contribution in [2.45, 2.75) is 46.6 Å². The molecule has 2 N–H and O–H groups in total. The molecule has 17 heavy (non-hydrogen) atoms. The lowest BCUT2D eigenvalue weighted by molar-refractivity contribution is 0.494. The first kappa shape index (κ1) is 13.8. The average molecular weight is 235 g/mol. The summed E-state index contributed by atoms with van der Waals surface area (Å²) in [5.41, 5.74) is 1.14. The standard InChI is InChI=1S/C14H25N3/c1-5-8-15-14-10-13(7-9-16-14)17-12(4)11(3)6-2/h7,9-12H,5-6,8H2,1-4H3,(H2,15,16,17). The predicted molar refractivity (Wildman–Crippen MR) is 75.6 cm³/mol. The Morgan fingerprint density at radius 1 is 1.29 bits per heavy atom. The second kappa shape index (κ2) is 7.15. The summed E-state index contributed by atoms with van der Waals surface area (Å²) in [5, 5.41) is 6.83. The van der Waals surface area contributed by atoms with Crippen molar-refractivity contribution in [1.82, 2.24) is 4.98 Å². The van der Waals surface area contributed by atoms with Crippen LogP contribution in [0.2, 0.25) is 0 Å². The summed E-state index contributed by atoms with van der Waals surface area (Å²) in [6.07, 6.45) is 4.16. The third-order valence-corrected chi connectivity index (χ3v) is 3.21. The highest BCUT2D eigenvalue weighted by Crippen LogP contribution is 2.17. The Labute approximate surface area is 105 Å². The molecule has 0 amide bonds. The molecule has 96 valence electrons. The minimum atomic E-state index is 0.487. The maximum Gasteiger partial charge on any atom is 0.127 e. The number of nitrogens with one attached hydrogen (secondary N) is 2. The van der Waals surface area contributed by atoms with Crippen LogP contribution in [0.5, 0.6) is 0 Å². The van der Waals surface area contributed by atoms with Gasteiger partial charge in [0, 0.05) is 30.5 Å². The van der Waals surface area contributed by atoms with Crippen LogP contribution >= 0.6 is 0 Å². The summed E-state index contributed by atoms with van der Waals surface area (Å²) in [6, 6.07) is 4.59. The molecular weight excluding hydrogens is 210 g/mol. The number of pyridine rings is 1. The second-order valence-electron chi connectivity index (χ2n) is 4.68. The average Bonchev–Trinajstić information content (AvgIpc) is 2.35. The maximum absolute atomic E-state index is 4.30. The third-order valence-electron chi connectivity index (χ3n) is 3.21. The summed E-state index contributed by atoms with van der Waals surface area (Å²) >= 11 is 0. The van der Waals surface area contributed by atoms with Gasteiger partial charge in [-0.15, -0.1) is 0 Å². The highest BCUT2D eigenvalue weighted by Gasteiger charge is 2.09. The lowest BCUT2D eigenvalue weighted by atomic mass is 10.0. The first-order valence-electron chi connectivity index (χ1n) is 6.63. The summed E-state index contributed by atoms with van der Waals surface area (Å²) in [6.45, 7) is 9.85. The van der Waals surface area contributed by atoms with Gasteiger partial charge in [-0.25, -0.2) is 4.98 Å². The van der Waals surface area contributed by atoms with Gasteiger partial charge < -0.3 is 10.6 Å². The van der Waals surface area contributed by atoms with Gasteiger partial charge in [0.1, 0.15) is 5.82 Å². The molecule has 3 heteroatoms. The van der Waals surface area contributed by atoms with Crippen LogP contribution < -0.4 is 10.6 Å². The van der Waals surface area contributed by atoms with Crippen molar-refractivity contribution in [2.75, 3.05) is 17.2 Å². The van der Waals surface area contributed by atoms with Gasteiger partial charge in [0.2, 0.25) is 0 Å². The van der Waals surface area contributed by atoms with E-state index < -0.39 is 0 Å². The van der Waals surface area contributed by atoms with Crippen LogP contribution in [-0.2, 0) is 0 Å². The highest BCUT2D eigenvalue weighted by atomic mass is 15.0. The predicted octanol–water partition coefficient (Wildman–Crippen LogP) is 3.75. The lowest BCUT2D eigenvalue weighted by Crippen LogP contribution is -2.23. The first-order valence-corrected chi connectivity index (χ1v) is 6.63. The van der Waals surface area contributed by atoms with Gasteiger partial charge in [0.25, 0.3) is 0 Å². The van der Waals surface area contributed by atoms with E-state index in [1.807, 2.05) is 12.3 Å². The SMILES string of the molecule is CCCNc1cc(NC(C)C(C)CC)ccn1. The van der Waals surface area contributed by atoms with Gasteiger partial charge in [-0.2, -0.15) is 0 Å². The summed E-state index contributed by atoms with van der Waals surface area (Å²) in [4.78, 5) is 4.30. The molecule has 0 spiro atoms. The molecule has 0 saturated heterocycles. The fourth-order valence-corrected chi connectivity index (χ4v) is 1.63. The van der Waals surface area contributed by atoms with E-state index in [-0.39, 0.29) is 0 Å². The Balaban J connectivity index is 2.58. The van der Waals surface area contributed by atoms with E-state index in [9.17, 15) is 0 Å². The smallest absolute Gasteiger partial charge is 0.127 e. The van der Waals surface area contributed by atoms with Crippen LogP contribution in [0, 0.1) is 5.92 Å². The number of nitrogens with zero attached hydrogens (tertiary/aromatic N) is 1. The molecule has 1 heterocycles. The topological polar surface area (TPSA) is 37.0 Å². The Morgan fingerprint density at radius 3 is 2.71 bits per heavy atom. The number of anilines is 2. The third kappa shape index (κ3) is 4.63. The van der Waals surface area contributed by atoms with Crippen molar-refractivity contribution in [2.24, 2.45) is 5.92 Å². The molecule has 1 rings (SSSR count). The van der Waals surface area contributed by atoms with E-state index >= 15 is 0 Å². The first-order chi connectivity index (χ1) is 8.17.